The largest absolute Gasteiger partial charge is 0.481 e. The van der Waals surface area contributed by atoms with E-state index in [0.29, 0.717) is 13.0 Å². The number of hydrogen-bond acceptors (Lipinski definition) is 3. The molecule has 0 saturated heterocycles. The fourth-order valence-electron chi connectivity index (χ4n) is 3.28. The first-order valence-corrected chi connectivity index (χ1v) is 11.6. The maximum absolute atomic E-state index is 11.5. The first kappa shape index (κ1) is 26.7. The van der Waals surface area contributed by atoms with Crippen LogP contribution in [-0.2, 0) is 14.3 Å². The molecule has 0 aromatic heterocycles. The van der Waals surface area contributed by atoms with E-state index in [4.69, 9.17) is 9.84 Å². The minimum absolute atomic E-state index is 0.0537. The number of esters is 1. The molecule has 4 nitrogen and oxygen atoms in total. The van der Waals surface area contributed by atoms with Gasteiger partial charge in [-0.05, 0) is 44.4 Å². The molecule has 0 heterocycles. The topological polar surface area (TPSA) is 63.6 Å². The highest BCUT2D eigenvalue weighted by Crippen LogP contribution is 2.19. The van der Waals surface area contributed by atoms with Gasteiger partial charge in [0, 0.05) is 12.8 Å². The normalized spacial score (nSPS) is 12.4. The van der Waals surface area contributed by atoms with Crippen LogP contribution in [0.5, 0.6) is 0 Å². The van der Waals surface area contributed by atoms with Gasteiger partial charge in [0.05, 0.1) is 6.61 Å². The zero-order valence-corrected chi connectivity index (χ0v) is 18.4. The highest BCUT2D eigenvalue weighted by molar-refractivity contribution is 5.69. The molecule has 1 unspecified atom stereocenters. The van der Waals surface area contributed by atoms with Gasteiger partial charge in [-0.25, -0.2) is 0 Å². The molecule has 28 heavy (non-hydrogen) atoms. The number of carboxylic acids is 1. The summed E-state index contributed by atoms with van der Waals surface area (Å²) in [5.41, 5.74) is 0. The third-order valence-electron chi connectivity index (χ3n) is 5.08. The zero-order valence-electron chi connectivity index (χ0n) is 18.4. The molecule has 0 radical (unpaired) electrons. The monoisotopic (exact) mass is 396 g/mol. The van der Waals surface area contributed by atoms with Crippen molar-refractivity contribution in [3.8, 4) is 0 Å². The summed E-state index contributed by atoms with van der Waals surface area (Å²) in [7, 11) is 0. The Kier molecular flexibility index (Phi) is 19.5. The lowest BCUT2D eigenvalue weighted by Crippen LogP contribution is -2.07. The van der Waals surface area contributed by atoms with Crippen molar-refractivity contribution in [3.63, 3.8) is 0 Å². The Balaban J connectivity index is 3.64. The molecule has 0 aromatic carbocycles. The van der Waals surface area contributed by atoms with Crippen molar-refractivity contribution >= 4 is 11.9 Å². The maximum atomic E-state index is 11.5. The van der Waals surface area contributed by atoms with Gasteiger partial charge in [0.15, 0.2) is 0 Å². The minimum atomic E-state index is -0.678. The van der Waals surface area contributed by atoms with Gasteiger partial charge in [-0.1, -0.05) is 77.4 Å². The van der Waals surface area contributed by atoms with Crippen molar-refractivity contribution in [3.05, 3.63) is 12.2 Å². The van der Waals surface area contributed by atoms with Crippen molar-refractivity contribution < 1.29 is 19.4 Å². The van der Waals surface area contributed by atoms with E-state index in [1.54, 1.807) is 0 Å². The van der Waals surface area contributed by atoms with Crippen molar-refractivity contribution in [2.75, 3.05) is 6.61 Å². The molecule has 0 fully saturated rings. The second kappa shape index (κ2) is 20.4. The number of unbranched alkanes of at least 4 members (excludes halogenated alkanes) is 9. The summed E-state index contributed by atoms with van der Waals surface area (Å²) >= 11 is 0. The number of ether oxygens (including phenoxy) is 1. The fourth-order valence-corrected chi connectivity index (χ4v) is 3.28. The van der Waals surface area contributed by atoms with Crippen LogP contribution >= 0.6 is 0 Å². The molecule has 0 aliphatic rings. The summed E-state index contributed by atoms with van der Waals surface area (Å²) < 4.78 is 5.15. The summed E-state index contributed by atoms with van der Waals surface area (Å²) in [5.74, 6) is -0.451. The SMILES string of the molecule is CCCCCCC(C/C=C/CCCCCCCC(=O)OCCCC)CC(=O)O. The first-order chi connectivity index (χ1) is 13.6. The Labute approximate surface area is 173 Å². The van der Waals surface area contributed by atoms with E-state index in [0.717, 1.165) is 64.2 Å². The molecule has 0 saturated carbocycles. The Bertz CT molecular complexity index is 403. The Morgan fingerprint density at radius 3 is 2.25 bits per heavy atom. The van der Waals surface area contributed by atoms with Gasteiger partial charge < -0.3 is 9.84 Å². The van der Waals surface area contributed by atoms with E-state index in [2.05, 4.69) is 26.0 Å². The Hall–Kier alpha value is -1.32. The molecule has 1 atom stereocenters. The summed E-state index contributed by atoms with van der Waals surface area (Å²) in [6, 6.07) is 0. The number of hydrogen-bond donors (Lipinski definition) is 1. The summed E-state index contributed by atoms with van der Waals surface area (Å²) in [4.78, 5) is 22.5. The van der Waals surface area contributed by atoms with Crippen molar-refractivity contribution in [1.29, 1.82) is 0 Å². The molecule has 164 valence electrons. The molecule has 4 heteroatoms. The Morgan fingerprint density at radius 2 is 1.54 bits per heavy atom. The third-order valence-corrected chi connectivity index (χ3v) is 5.08. The predicted molar refractivity (Wildman–Crippen MR) is 116 cm³/mol. The lowest BCUT2D eigenvalue weighted by atomic mass is 9.94. The van der Waals surface area contributed by atoms with E-state index in [1.807, 2.05) is 0 Å². The summed E-state index contributed by atoms with van der Waals surface area (Å²) in [5, 5.41) is 9.07. The summed E-state index contributed by atoms with van der Waals surface area (Å²) in [6.45, 7) is 4.85. The van der Waals surface area contributed by atoms with Gasteiger partial charge in [0.25, 0.3) is 0 Å². The quantitative estimate of drug-likeness (QED) is 0.136. The highest BCUT2D eigenvalue weighted by Gasteiger charge is 2.11. The molecule has 1 N–H and O–H groups in total. The van der Waals surface area contributed by atoms with E-state index in [9.17, 15) is 9.59 Å². The third kappa shape index (κ3) is 19.4. The average molecular weight is 397 g/mol. The van der Waals surface area contributed by atoms with Crippen LogP contribution in [0.2, 0.25) is 0 Å². The molecule has 0 aromatic rings. The van der Waals surface area contributed by atoms with Gasteiger partial charge in [-0.3, -0.25) is 9.59 Å². The maximum Gasteiger partial charge on any atom is 0.305 e. The molecular weight excluding hydrogens is 352 g/mol. The number of carboxylic acid groups (broad SMARTS) is 1. The average Bonchev–Trinajstić information content (AvgIpc) is 2.66. The second-order valence-electron chi connectivity index (χ2n) is 7.90. The number of carbonyl (C=O) groups is 2. The van der Waals surface area contributed by atoms with Gasteiger partial charge >= 0.3 is 11.9 Å². The molecule has 0 bridgehead atoms. The molecule has 0 rings (SSSR count). The zero-order chi connectivity index (χ0) is 20.9. The standard InChI is InChI=1S/C24H44O4/c1-3-5-7-14-17-22(21-23(25)26)18-15-12-10-8-9-11-13-16-19-24(27)28-20-6-4-2/h12,15,22H,3-11,13-14,16-21H2,1-2H3,(H,25,26)/b15-12+. The van der Waals surface area contributed by atoms with Crippen LogP contribution in [0.25, 0.3) is 0 Å². The fraction of sp³-hybridized carbons (Fsp3) is 0.833. The summed E-state index contributed by atoms with van der Waals surface area (Å²) in [6.07, 6.45) is 20.6. The van der Waals surface area contributed by atoms with Gasteiger partial charge in [-0.2, -0.15) is 0 Å². The highest BCUT2D eigenvalue weighted by atomic mass is 16.5. The lowest BCUT2D eigenvalue weighted by molar-refractivity contribution is -0.144. The molecule has 0 spiro atoms. The van der Waals surface area contributed by atoms with Crippen LogP contribution in [0.15, 0.2) is 12.2 Å². The molecular formula is C24H44O4. The molecule has 0 aliphatic heterocycles. The van der Waals surface area contributed by atoms with Crippen LogP contribution in [0, 0.1) is 5.92 Å². The van der Waals surface area contributed by atoms with Gasteiger partial charge in [0.1, 0.15) is 0 Å². The van der Waals surface area contributed by atoms with Crippen LogP contribution in [0.4, 0.5) is 0 Å². The van der Waals surface area contributed by atoms with E-state index in [-0.39, 0.29) is 18.3 Å². The Morgan fingerprint density at radius 1 is 0.857 bits per heavy atom. The first-order valence-electron chi connectivity index (χ1n) is 11.6. The predicted octanol–water partition coefficient (Wildman–Crippen LogP) is 7.07. The van der Waals surface area contributed by atoms with Crippen LogP contribution in [-0.4, -0.2) is 23.7 Å². The number of aliphatic carboxylic acids is 1. The van der Waals surface area contributed by atoms with Gasteiger partial charge in [0.2, 0.25) is 0 Å². The minimum Gasteiger partial charge on any atom is -0.481 e. The van der Waals surface area contributed by atoms with Crippen LogP contribution < -0.4 is 0 Å². The molecule has 0 amide bonds. The van der Waals surface area contributed by atoms with E-state index in [1.165, 1.54) is 25.7 Å². The number of allylic oxidation sites excluding steroid dienone is 2. The number of rotatable bonds is 20. The van der Waals surface area contributed by atoms with Gasteiger partial charge in [-0.15, -0.1) is 0 Å². The van der Waals surface area contributed by atoms with Crippen molar-refractivity contribution in [1.82, 2.24) is 0 Å². The molecule has 0 aliphatic carbocycles. The second-order valence-corrected chi connectivity index (χ2v) is 7.90. The van der Waals surface area contributed by atoms with Crippen molar-refractivity contribution in [2.45, 2.75) is 117 Å². The van der Waals surface area contributed by atoms with Crippen molar-refractivity contribution in [2.24, 2.45) is 5.92 Å². The van der Waals surface area contributed by atoms with Crippen LogP contribution in [0.3, 0.4) is 0 Å². The smallest absolute Gasteiger partial charge is 0.305 e. The van der Waals surface area contributed by atoms with Crippen LogP contribution in [0.1, 0.15) is 117 Å². The number of carbonyl (C=O) groups excluding carboxylic acids is 1. The van der Waals surface area contributed by atoms with E-state index >= 15 is 0 Å². The lowest BCUT2D eigenvalue weighted by Gasteiger charge is -2.12. The van der Waals surface area contributed by atoms with E-state index < -0.39 is 5.97 Å².